The van der Waals surface area contributed by atoms with Crippen LogP contribution in [0, 0.1) is 0 Å². The predicted molar refractivity (Wildman–Crippen MR) is 80.0 cm³/mol. The molecule has 0 radical (unpaired) electrons. The van der Waals surface area contributed by atoms with Crippen molar-refractivity contribution >= 4 is 15.9 Å². The first-order valence-corrected chi connectivity index (χ1v) is 8.56. The highest BCUT2D eigenvalue weighted by molar-refractivity contribution is 7.89. The van der Waals surface area contributed by atoms with E-state index in [2.05, 4.69) is 10.6 Å². The Morgan fingerprint density at radius 2 is 1.95 bits per heavy atom. The van der Waals surface area contributed by atoms with Crippen LogP contribution >= 0.6 is 0 Å². The van der Waals surface area contributed by atoms with Gasteiger partial charge in [0.05, 0.1) is 10.9 Å². The number of carbonyl (C=O) groups is 1. The topological polar surface area (TPSA) is 101 Å². The average molecular weight is 311 g/mol. The summed E-state index contributed by atoms with van der Waals surface area (Å²) in [6.45, 7) is 2.55. The van der Waals surface area contributed by atoms with Crippen LogP contribution in [0.15, 0.2) is 29.2 Å². The second-order valence-electron chi connectivity index (χ2n) is 5.38. The number of benzene rings is 1. The van der Waals surface area contributed by atoms with E-state index in [9.17, 15) is 13.2 Å². The monoisotopic (exact) mass is 311 g/mol. The Bertz CT molecular complexity index is 594. The van der Waals surface area contributed by atoms with Gasteiger partial charge in [-0.1, -0.05) is 12.1 Å². The van der Waals surface area contributed by atoms with E-state index in [1.54, 1.807) is 12.1 Å². The maximum atomic E-state index is 11.8. The third-order valence-electron chi connectivity index (χ3n) is 3.45. The molecule has 1 amide bonds. The third-order valence-corrected chi connectivity index (χ3v) is 4.38. The molecule has 1 aromatic carbocycles. The maximum absolute atomic E-state index is 11.8. The molecule has 0 saturated heterocycles. The number of primary sulfonamides is 1. The normalized spacial score (nSPS) is 16.5. The molecule has 1 aliphatic rings. The van der Waals surface area contributed by atoms with Crippen molar-refractivity contribution in [3.8, 4) is 0 Å². The summed E-state index contributed by atoms with van der Waals surface area (Å²) in [6.07, 6.45) is 2.85. The first-order chi connectivity index (χ1) is 9.86. The molecule has 21 heavy (non-hydrogen) atoms. The highest BCUT2D eigenvalue weighted by Gasteiger charge is 2.20. The van der Waals surface area contributed by atoms with Gasteiger partial charge in [0.1, 0.15) is 0 Å². The average Bonchev–Trinajstić information content (AvgIpc) is 3.22. The Morgan fingerprint density at radius 3 is 2.48 bits per heavy atom. The van der Waals surface area contributed by atoms with Gasteiger partial charge in [0.2, 0.25) is 15.9 Å². The van der Waals surface area contributed by atoms with E-state index < -0.39 is 10.0 Å². The van der Waals surface area contributed by atoms with Crippen LogP contribution in [-0.4, -0.2) is 26.9 Å². The molecule has 1 fully saturated rings. The minimum absolute atomic E-state index is 0.0221. The summed E-state index contributed by atoms with van der Waals surface area (Å²) < 4.78 is 22.3. The fourth-order valence-electron chi connectivity index (χ4n) is 2.02. The molecule has 1 aliphatic carbocycles. The highest BCUT2D eigenvalue weighted by atomic mass is 32.2. The van der Waals surface area contributed by atoms with Crippen molar-refractivity contribution in [3.05, 3.63) is 29.8 Å². The second kappa shape index (κ2) is 6.55. The Kier molecular flexibility index (Phi) is 4.97. The van der Waals surface area contributed by atoms with Crippen molar-refractivity contribution in [1.29, 1.82) is 0 Å². The molecular formula is C14H21N3O3S. The number of nitrogens with one attached hydrogen (secondary N) is 2. The second-order valence-corrected chi connectivity index (χ2v) is 6.94. The van der Waals surface area contributed by atoms with Gasteiger partial charge in [-0.15, -0.1) is 0 Å². The molecule has 0 spiro atoms. The van der Waals surface area contributed by atoms with Gasteiger partial charge < -0.3 is 10.6 Å². The van der Waals surface area contributed by atoms with E-state index in [0.29, 0.717) is 19.0 Å². The summed E-state index contributed by atoms with van der Waals surface area (Å²) in [5.74, 6) is -0.0221. The molecule has 116 valence electrons. The van der Waals surface area contributed by atoms with Crippen LogP contribution in [0.3, 0.4) is 0 Å². The number of rotatable bonds is 7. The van der Waals surface area contributed by atoms with Gasteiger partial charge >= 0.3 is 0 Å². The summed E-state index contributed by atoms with van der Waals surface area (Å²) in [5, 5.41) is 11.2. The SMILES string of the molecule is CC(NC(=O)CCNC1CC1)c1ccc(S(N)(=O)=O)cc1. The molecule has 4 N–H and O–H groups in total. The van der Waals surface area contributed by atoms with E-state index in [1.807, 2.05) is 6.92 Å². The van der Waals surface area contributed by atoms with Gasteiger partial charge in [0.15, 0.2) is 0 Å². The van der Waals surface area contributed by atoms with Crippen molar-refractivity contribution in [3.63, 3.8) is 0 Å². The van der Waals surface area contributed by atoms with Crippen LogP contribution in [-0.2, 0) is 14.8 Å². The minimum atomic E-state index is -3.68. The van der Waals surface area contributed by atoms with E-state index >= 15 is 0 Å². The Hall–Kier alpha value is -1.44. The number of hydrogen-bond acceptors (Lipinski definition) is 4. The number of carbonyl (C=O) groups excluding carboxylic acids is 1. The molecule has 1 unspecified atom stereocenters. The van der Waals surface area contributed by atoms with Gasteiger partial charge in [0.25, 0.3) is 0 Å². The smallest absolute Gasteiger partial charge is 0.238 e. The third kappa shape index (κ3) is 5.11. The van der Waals surface area contributed by atoms with Crippen molar-refractivity contribution in [2.75, 3.05) is 6.54 Å². The Labute approximate surface area is 125 Å². The van der Waals surface area contributed by atoms with Gasteiger partial charge in [-0.25, -0.2) is 13.6 Å². The summed E-state index contributed by atoms with van der Waals surface area (Å²) >= 11 is 0. The molecule has 1 saturated carbocycles. The molecule has 0 aliphatic heterocycles. The molecule has 6 nitrogen and oxygen atoms in total. The zero-order valence-electron chi connectivity index (χ0n) is 12.0. The first kappa shape index (κ1) is 15.9. The molecule has 0 aromatic heterocycles. The van der Waals surface area contributed by atoms with Crippen LogP contribution in [0.5, 0.6) is 0 Å². The van der Waals surface area contributed by atoms with Gasteiger partial charge in [-0.05, 0) is 37.5 Å². The van der Waals surface area contributed by atoms with E-state index in [4.69, 9.17) is 5.14 Å². The van der Waals surface area contributed by atoms with E-state index in [0.717, 1.165) is 5.56 Å². The lowest BCUT2D eigenvalue weighted by molar-refractivity contribution is -0.121. The first-order valence-electron chi connectivity index (χ1n) is 7.02. The van der Waals surface area contributed by atoms with E-state index in [1.165, 1.54) is 25.0 Å². The zero-order valence-corrected chi connectivity index (χ0v) is 12.8. The number of nitrogens with two attached hydrogens (primary N) is 1. The standard InChI is InChI=1S/C14H21N3O3S/c1-10(17-14(18)8-9-16-12-4-5-12)11-2-6-13(7-3-11)21(15,19)20/h2-3,6-7,10,12,16H,4-5,8-9H2,1H3,(H,17,18)(H2,15,19,20). The summed E-state index contributed by atoms with van der Waals surface area (Å²) in [7, 11) is -3.68. The fourth-order valence-corrected chi connectivity index (χ4v) is 2.54. The lowest BCUT2D eigenvalue weighted by atomic mass is 10.1. The van der Waals surface area contributed by atoms with Crippen molar-refractivity contribution < 1.29 is 13.2 Å². The van der Waals surface area contributed by atoms with Crippen LogP contribution in [0.2, 0.25) is 0 Å². The van der Waals surface area contributed by atoms with E-state index in [-0.39, 0.29) is 16.8 Å². The lowest BCUT2D eigenvalue weighted by Crippen LogP contribution is -2.30. The molecule has 7 heteroatoms. The molecule has 1 aromatic rings. The summed E-state index contributed by atoms with van der Waals surface area (Å²) in [6, 6.07) is 6.64. The zero-order chi connectivity index (χ0) is 15.5. The molecule has 0 bridgehead atoms. The quantitative estimate of drug-likeness (QED) is 0.688. The minimum Gasteiger partial charge on any atom is -0.350 e. The van der Waals surface area contributed by atoms with Gasteiger partial charge in [0, 0.05) is 19.0 Å². The number of sulfonamides is 1. The Morgan fingerprint density at radius 1 is 1.33 bits per heavy atom. The highest BCUT2D eigenvalue weighted by Crippen LogP contribution is 2.18. The largest absolute Gasteiger partial charge is 0.350 e. The molecule has 1 atom stereocenters. The van der Waals surface area contributed by atoms with Crippen LogP contribution in [0.25, 0.3) is 0 Å². The van der Waals surface area contributed by atoms with Crippen molar-refractivity contribution in [1.82, 2.24) is 10.6 Å². The number of hydrogen-bond donors (Lipinski definition) is 3. The van der Waals surface area contributed by atoms with Crippen molar-refractivity contribution in [2.24, 2.45) is 5.14 Å². The predicted octanol–water partition coefficient (Wildman–Crippen LogP) is 0.653. The van der Waals surface area contributed by atoms with Crippen LogP contribution in [0.4, 0.5) is 0 Å². The number of amides is 1. The van der Waals surface area contributed by atoms with Crippen LogP contribution in [0.1, 0.15) is 37.8 Å². The van der Waals surface area contributed by atoms with Gasteiger partial charge in [-0.2, -0.15) is 0 Å². The fraction of sp³-hybridized carbons (Fsp3) is 0.500. The van der Waals surface area contributed by atoms with Gasteiger partial charge in [-0.3, -0.25) is 4.79 Å². The van der Waals surface area contributed by atoms with Crippen LogP contribution < -0.4 is 15.8 Å². The maximum Gasteiger partial charge on any atom is 0.238 e. The lowest BCUT2D eigenvalue weighted by Gasteiger charge is -2.15. The summed E-state index contributed by atoms with van der Waals surface area (Å²) in [4.78, 5) is 11.9. The Balaban J connectivity index is 1.84. The molecule has 2 rings (SSSR count). The summed E-state index contributed by atoms with van der Waals surface area (Å²) in [5.41, 5.74) is 0.839. The van der Waals surface area contributed by atoms with Crippen molar-refractivity contribution in [2.45, 2.75) is 43.2 Å². The molecule has 0 heterocycles. The molecular weight excluding hydrogens is 290 g/mol.